The predicted molar refractivity (Wildman–Crippen MR) is 80.2 cm³/mol. The molecule has 2 N–H and O–H groups in total. The lowest BCUT2D eigenvalue weighted by atomic mass is 10.1. The lowest BCUT2D eigenvalue weighted by molar-refractivity contribution is -0.136. The van der Waals surface area contributed by atoms with Crippen molar-refractivity contribution in [2.24, 2.45) is 0 Å². The fraction of sp³-hybridized carbons (Fsp3) is 0.286. The predicted octanol–water partition coefficient (Wildman–Crippen LogP) is 3.21. The molecule has 0 unspecified atom stereocenters. The lowest BCUT2D eigenvalue weighted by Gasteiger charge is -2.01. The first-order chi connectivity index (χ1) is 9.49. The van der Waals surface area contributed by atoms with Gasteiger partial charge in [-0.2, -0.15) is 0 Å². The standard InChI is InChI=1S/C14H14BrN3O2/c1-7-3-5-10-12(8(7)2)17-14-16-9(4-6-11(19)20)13(15)18(10)14/h3,5H,4,6H2,1-2H3,(H,16,17)(H,19,20). The summed E-state index contributed by atoms with van der Waals surface area (Å²) in [7, 11) is 0. The third-order valence-corrected chi connectivity index (χ3v) is 4.48. The Hall–Kier alpha value is -1.82. The largest absolute Gasteiger partial charge is 0.481 e. The minimum absolute atomic E-state index is 0.0956. The number of aliphatic carboxylic acids is 1. The van der Waals surface area contributed by atoms with E-state index in [1.807, 2.05) is 10.5 Å². The Morgan fingerprint density at radius 3 is 2.90 bits per heavy atom. The fourth-order valence-electron chi connectivity index (χ4n) is 2.38. The van der Waals surface area contributed by atoms with Crippen LogP contribution in [0.25, 0.3) is 16.8 Å². The van der Waals surface area contributed by atoms with Gasteiger partial charge in [0.15, 0.2) is 0 Å². The van der Waals surface area contributed by atoms with Gasteiger partial charge in [-0.25, -0.2) is 4.98 Å². The smallest absolute Gasteiger partial charge is 0.303 e. The van der Waals surface area contributed by atoms with Gasteiger partial charge in [-0.3, -0.25) is 9.20 Å². The molecule has 0 saturated heterocycles. The number of nitrogens with one attached hydrogen (secondary N) is 1. The topological polar surface area (TPSA) is 70.4 Å². The van der Waals surface area contributed by atoms with E-state index in [1.165, 1.54) is 11.1 Å². The van der Waals surface area contributed by atoms with Crippen LogP contribution < -0.4 is 0 Å². The molecule has 6 heteroatoms. The molecule has 0 aliphatic heterocycles. The molecule has 0 bridgehead atoms. The highest BCUT2D eigenvalue weighted by atomic mass is 79.9. The second kappa shape index (κ2) is 4.63. The molecule has 2 heterocycles. The van der Waals surface area contributed by atoms with E-state index in [2.05, 4.69) is 45.8 Å². The summed E-state index contributed by atoms with van der Waals surface area (Å²) in [5.74, 6) is -0.0681. The van der Waals surface area contributed by atoms with Crippen molar-refractivity contribution in [2.45, 2.75) is 26.7 Å². The zero-order chi connectivity index (χ0) is 14.4. The Balaban J connectivity index is 2.19. The van der Waals surface area contributed by atoms with Gasteiger partial charge in [-0.05, 0) is 47.0 Å². The summed E-state index contributed by atoms with van der Waals surface area (Å²) in [5, 5.41) is 8.78. The fourth-order valence-corrected chi connectivity index (χ4v) is 3.04. The Kier molecular flexibility index (Phi) is 3.05. The van der Waals surface area contributed by atoms with Gasteiger partial charge in [0.25, 0.3) is 0 Å². The lowest BCUT2D eigenvalue weighted by Crippen LogP contribution is -1.98. The minimum atomic E-state index is -0.805. The molecule has 0 aliphatic rings. The van der Waals surface area contributed by atoms with E-state index in [-0.39, 0.29) is 6.42 Å². The number of halogens is 1. The number of H-pyrrole nitrogens is 1. The zero-order valence-corrected chi connectivity index (χ0v) is 12.8. The minimum Gasteiger partial charge on any atom is -0.481 e. The summed E-state index contributed by atoms with van der Waals surface area (Å²) in [5.41, 5.74) is 5.23. The van der Waals surface area contributed by atoms with Crippen LogP contribution in [0.4, 0.5) is 0 Å². The van der Waals surface area contributed by atoms with Crippen LogP contribution in [-0.2, 0) is 11.2 Å². The monoisotopic (exact) mass is 335 g/mol. The van der Waals surface area contributed by atoms with Gasteiger partial charge >= 0.3 is 5.97 Å². The quantitative estimate of drug-likeness (QED) is 0.772. The number of nitrogens with zero attached hydrogens (tertiary/aromatic N) is 2. The van der Waals surface area contributed by atoms with Crippen LogP contribution >= 0.6 is 15.9 Å². The number of aryl methyl sites for hydroxylation is 3. The van der Waals surface area contributed by atoms with Crippen molar-refractivity contribution in [2.75, 3.05) is 0 Å². The van der Waals surface area contributed by atoms with Crippen molar-refractivity contribution in [1.29, 1.82) is 0 Å². The first kappa shape index (κ1) is 13.2. The number of carboxylic acid groups (broad SMARTS) is 1. The van der Waals surface area contributed by atoms with Gasteiger partial charge in [-0.15, -0.1) is 0 Å². The molecule has 3 aromatic rings. The second-order valence-electron chi connectivity index (χ2n) is 4.93. The number of aromatic nitrogens is 3. The molecule has 5 nitrogen and oxygen atoms in total. The summed E-state index contributed by atoms with van der Waals surface area (Å²) >= 11 is 3.54. The molecule has 0 amide bonds. The number of rotatable bonds is 3. The normalized spacial score (nSPS) is 11.6. The summed E-state index contributed by atoms with van der Waals surface area (Å²) in [6, 6.07) is 4.11. The number of benzene rings is 1. The Labute approximate surface area is 123 Å². The number of carboxylic acids is 1. The first-order valence-corrected chi connectivity index (χ1v) is 7.15. The molecule has 20 heavy (non-hydrogen) atoms. The maximum atomic E-state index is 10.7. The molecule has 1 aromatic carbocycles. The molecule has 0 fully saturated rings. The highest BCUT2D eigenvalue weighted by Gasteiger charge is 2.16. The van der Waals surface area contributed by atoms with Crippen molar-refractivity contribution >= 4 is 38.7 Å². The second-order valence-corrected chi connectivity index (χ2v) is 5.69. The molecule has 0 radical (unpaired) electrons. The number of aromatic amines is 1. The van der Waals surface area contributed by atoms with Gasteiger partial charge in [0.1, 0.15) is 4.60 Å². The van der Waals surface area contributed by atoms with Crippen LogP contribution in [0.2, 0.25) is 0 Å². The molecule has 0 saturated carbocycles. The molecule has 2 aromatic heterocycles. The van der Waals surface area contributed by atoms with Crippen molar-refractivity contribution < 1.29 is 9.90 Å². The van der Waals surface area contributed by atoms with Crippen LogP contribution in [0.1, 0.15) is 23.2 Å². The van der Waals surface area contributed by atoms with Gasteiger partial charge < -0.3 is 10.1 Å². The van der Waals surface area contributed by atoms with Crippen molar-refractivity contribution in [1.82, 2.24) is 14.4 Å². The molecular weight excluding hydrogens is 322 g/mol. The molecule has 104 valence electrons. The van der Waals surface area contributed by atoms with Crippen molar-refractivity contribution in [3.63, 3.8) is 0 Å². The Bertz CT molecular complexity index is 832. The molecule has 3 rings (SSSR count). The van der Waals surface area contributed by atoms with E-state index in [9.17, 15) is 4.79 Å². The van der Waals surface area contributed by atoms with E-state index in [0.717, 1.165) is 27.1 Å². The van der Waals surface area contributed by atoms with Crippen LogP contribution in [0.5, 0.6) is 0 Å². The summed E-state index contributed by atoms with van der Waals surface area (Å²) in [6.07, 6.45) is 0.546. The van der Waals surface area contributed by atoms with E-state index in [1.54, 1.807) is 0 Å². The van der Waals surface area contributed by atoms with Crippen LogP contribution in [-0.4, -0.2) is 25.4 Å². The summed E-state index contributed by atoms with van der Waals surface area (Å²) in [4.78, 5) is 18.5. The highest BCUT2D eigenvalue weighted by Crippen LogP contribution is 2.28. The Morgan fingerprint density at radius 2 is 2.20 bits per heavy atom. The van der Waals surface area contributed by atoms with E-state index >= 15 is 0 Å². The molecule has 0 aliphatic carbocycles. The maximum absolute atomic E-state index is 10.7. The number of fused-ring (bicyclic) bond motifs is 3. The van der Waals surface area contributed by atoms with Crippen LogP contribution in [0.15, 0.2) is 16.7 Å². The van der Waals surface area contributed by atoms with Gasteiger partial charge in [-0.1, -0.05) is 6.07 Å². The Morgan fingerprint density at radius 1 is 1.45 bits per heavy atom. The van der Waals surface area contributed by atoms with Crippen LogP contribution in [0.3, 0.4) is 0 Å². The van der Waals surface area contributed by atoms with Gasteiger partial charge in [0.05, 0.1) is 17.5 Å². The zero-order valence-electron chi connectivity index (χ0n) is 11.2. The average Bonchev–Trinajstić information content (AvgIpc) is 2.90. The van der Waals surface area contributed by atoms with E-state index in [4.69, 9.17) is 5.11 Å². The SMILES string of the molecule is Cc1ccc2c(nc3[nH]c(CCC(=O)O)c(Br)n32)c1C. The van der Waals surface area contributed by atoms with Crippen molar-refractivity contribution in [3.05, 3.63) is 33.6 Å². The van der Waals surface area contributed by atoms with Gasteiger partial charge in [0.2, 0.25) is 5.78 Å². The first-order valence-electron chi connectivity index (χ1n) is 6.35. The van der Waals surface area contributed by atoms with Crippen LogP contribution in [0, 0.1) is 13.8 Å². The van der Waals surface area contributed by atoms with Gasteiger partial charge in [0, 0.05) is 12.1 Å². The third-order valence-electron chi connectivity index (χ3n) is 3.65. The number of hydrogen-bond donors (Lipinski definition) is 2. The molecule has 0 spiro atoms. The number of imidazole rings is 2. The maximum Gasteiger partial charge on any atom is 0.303 e. The number of hydrogen-bond acceptors (Lipinski definition) is 2. The van der Waals surface area contributed by atoms with Crippen molar-refractivity contribution in [3.8, 4) is 0 Å². The highest BCUT2D eigenvalue weighted by molar-refractivity contribution is 9.10. The van der Waals surface area contributed by atoms with E-state index < -0.39 is 5.97 Å². The summed E-state index contributed by atoms with van der Waals surface area (Å²) < 4.78 is 2.83. The third kappa shape index (κ3) is 1.91. The average molecular weight is 336 g/mol. The van der Waals surface area contributed by atoms with E-state index in [0.29, 0.717) is 6.42 Å². The number of carbonyl (C=O) groups is 1. The molecule has 0 atom stereocenters. The molecular formula is C14H14BrN3O2. The summed E-state index contributed by atoms with van der Waals surface area (Å²) in [6.45, 7) is 4.12.